The molecule has 5 nitrogen and oxygen atoms in total. The lowest BCUT2D eigenvalue weighted by molar-refractivity contribution is -0.132. The first-order valence-electron chi connectivity index (χ1n) is 6.71. The summed E-state index contributed by atoms with van der Waals surface area (Å²) in [6, 6.07) is 7.94. The molecule has 2 N–H and O–H groups in total. The Morgan fingerprint density at radius 2 is 1.85 bits per heavy atom. The monoisotopic (exact) mass is 276 g/mol. The molecule has 20 heavy (non-hydrogen) atoms. The number of hydrogen-bond acceptors (Lipinski definition) is 3. The third kappa shape index (κ3) is 3.00. The number of rotatable bonds is 6. The first-order valence-corrected chi connectivity index (χ1v) is 6.71. The average Bonchev–Trinajstić information content (AvgIpc) is 2.76. The molecule has 0 bridgehead atoms. The van der Waals surface area contributed by atoms with Gasteiger partial charge in [-0.3, -0.25) is 4.79 Å². The van der Waals surface area contributed by atoms with Crippen LogP contribution in [0.15, 0.2) is 30.5 Å². The molecule has 0 spiro atoms. The fourth-order valence-electron chi connectivity index (χ4n) is 2.41. The van der Waals surface area contributed by atoms with Crippen molar-refractivity contribution >= 4 is 16.8 Å². The van der Waals surface area contributed by atoms with Crippen molar-refractivity contribution in [3.8, 4) is 0 Å². The van der Waals surface area contributed by atoms with Gasteiger partial charge in [-0.1, -0.05) is 18.2 Å². The Bertz CT molecular complexity index is 586. The minimum absolute atomic E-state index is 0.100. The summed E-state index contributed by atoms with van der Waals surface area (Å²) in [7, 11) is 0. The fraction of sp³-hybridized carbons (Fsp3) is 0.400. The molecule has 0 saturated heterocycles. The molecule has 0 fully saturated rings. The number of nitrogens with zero attached hydrogens (tertiary/aromatic N) is 2. The number of aromatic nitrogens is 1. The predicted molar refractivity (Wildman–Crippen MR) is 77.4 cm³/mol. The van der Waals surface area contributed by atoms with Crippen LogP contribution in [0.5, 0.6) is 0 Å². The van der Waals surface area contributed by atoms with Crippen molar-refractivity contribution in [3.63, 3.8) is 0 Å². The van der Waals surface area contributed by atoms with Gasteiger partial charge in [-0.05, 0) is 18.6 Å². The largest absolute Gasteiger partial charge is 0.395 e. The molecule has 0 unspecified atom stereocenters. The number of aliphatic hydroxyl groups is 2. The van der Waals surface area contributed by atoms with Gasteiger partial charge in [0.2, 0.25) is 5.91 Å². The van der Waals surface area contributed by atoms with Gasteiger partial charge in [0, 0.05) is 30.2 Å². The zero-order chi connectivity index (χ0) is 14.5. The summed E-state index contributed by atoms with van der Waals surface area (Å²) in [4.78, 5) is 13.7. The van der Waals surface area contributed by atoms with E-state index in [1.54, 1.807) is 0 Å². The maximum absolute atomic E-state index is 12.2. The number of amides is 1. The molecule has 0 aliphatic rings. The number of carbonyl (C=O) groups excluding carboxylic acids is 1. The van der Waals surface area contributed by atoms with Crippen LogP contribution in [-0.2, 0) is 11.3 Å². The van der Waals surface area contributed by atoms with Crippen LogP contribution in [0.3, 0.4) is 0 Å². The second-order valence-corrected chi connectivity index (χ2v) is 4.79. The van der Waals surface area contributed by atoms with Crippen LogP contribution in [0.2, 0.25) is 0 Å². The van der Waals surface area contributed by atoms with Gasteiger partial charge < -0.3 is 19.7 Å². The molecule has 0 atom stereocenters. The van der Waals surface area contributed by atoms with E-state index in [0.29, 0.717) is 0 Å². The first kappa shape index (κ1) is 14.6. The van der Waals surface area contributed by atoms with Crippen molar-refractivity contribution in [2.45, 2.75) is 13.5 Å². The van der Waals surface area contributed by atoms with E-state index < -0.39 is 0 Å². The van der Waals surface area contributed by atoms with Gasteiger partial charge in [-0.25, -0.2) is 0 Å². The van der Waals surface area contributed by atoms with Crippen LogP contribution >= 0.6 is 0 Å². The van der Waals surface area contributed by atoms with Crippen molar-refractivity contribution in [1.29, 1.82) is 0 Å². The summed E-state index contributed by atoms with van der Waals surface area (Å²) < 4.78 is 1.91. The lowest BCUT2D eigenvalue weighted by Gasteiger charge is -2.21. The molecule has 5 heteroatoms. The van der Waals surface area contributed by atoms with E-state index in [1.807, 2.05) is 42.0 Å². The summed E-state index contributed by atoms with van der Waals surface area (Å²) in [6.07, 6.45) is 1.96. The van der Waals surface area contributed by atoms with E-state index in [9.17, 15) is 4.79 Å². The number of aliphatic hydroxyl groups excluding tert-OH is 2. The molecule has 1 amide bonds. The predicted octanol–water partition coefficient (Wildman–Crippen LogP) is 0.763. The summed E-state index contributed by atoms with van der Waals surface area (Å²) in [5, 5.41) is 19.1. The number of carbonyl (C=O) groups is 1. The average molecular weight is 276 g/mol. The molecule has 0 aliphatic heterocycles. The van der Waals surface area contributed by atoms with Crippen molar-refractivity contribution < 1.29 is 15.0 Å². The fourth-order valence-corrected chi connectivity index (χ4v) is 2.41. The molecular weight excluding hydrogens is 256 g/mol. The van der Waals surface area contributed by atoms with Crippen LogP contribution < -0.4 is 0 Å². The van der Waals surface area contributed by atoms with Gasteiger partial charge in [0.1, 0.15) is 6.54 Å². The van der Waals surface area contributed by atoms with E-state index in [-0.39, 0.29) is 38.8 Å². The molecule has 1 aromatic carbocycles. The molecule has 0 radical (unpaired) electrons. The van der Waals surface area contributed by atoms with Crippen LogP contribution in [0, 0.1) is 6.92 Å². The molecule has 2 aromatic rings. The van der Waals surface area contributed by atoms with Crippen molar-refractivity contribution in [1.82, 2.24) is 9.47 Å². The SMILES string of the molecule is Cc1cn(CC(=O)N(CCO)CCO)c2ccccc12. The van der Waals surface area contributed by atoms with E-state index in [0.717, 1.165) is 16.5 Å². The van der Waals surface area contributed by atoms with Crippen molar-refractivity contribution in [3.05, 3.63) is 36.0 Å². The summed E-state index contributed by atoms with van der Waals surface area (Å²) in [5.41, 5.74) is 2.15. The zero-order valence-electron chi connectivity index (χ0n) is 11.6. The van der Waals surface area contributed by atoms with Gasteiger partial charge in [-0.15, -0.1) is 0 Å². The second-order valence-electron chi connectivity index (χ2n) is 4.79. The minimum Gasteiger partial charge on any atom is -0.395 e. The zero-order valence-corrected chi connectivity index (χ0v) is 11.6. The molecule has 0 aliphatic carbocycles. The number of benzene rings is 1. The normalized spacial score (nSPS) is 10.9. The Hall–Kier alpha value is -1.85. The van der Waals surface area contributed by atoms with E-state index in [4.69, 9.17) is 10.2 Å². The Kier molecular flexibility index (Phi) is 4.76. The third-order valence-corrected chi connectivity index (χ3v) is 3.39. The maximum atomic E-state index is 12.2. The highest BCUT2D eigenvalue weighted by atomic mass is 16.3. The molecule has 1 heterocycles. The summed E-state index contributed by atoms with van der Waals surface area (Å²) >= 11 is 0. The maximum Gasteiger partial charge on any atom is 0.242 e. The van der Waals surface area contributed by atoms with Crippen LogP contribution in [0.4, 0.5) is 0 Å². The van der Waals surface area contributed by atoms with Gasteiger partial charge in [-0.2, -0.15) is 0 Å². The summed E-state index contributed by atoms with van der Waals surface area (Å²) in [5.74, 6) is -0.103. The van der Waals surface area contributed by atoms with Crippen molar-refractivity contribution in [2.75, 3.05) is 26.3 Å². The number of fused-ring (bicyclic) bond motifs is 1. The van der Waals surface area contributed by atoms with Crippen LogP contribution in [0.1, 0.15) is 5.56 Å². The molecule has 0 saturated carbocycles. The summed E-state index contributed by atoms with van der Waals surface area (Å²) in [6.45, 7) is 2.53. The lowest BCUT2D eigenvalue weighted by atomic mass is 10.2. The highest BCUT2D eigenvalue weighted by Crippen LogP contribution is 2.20. The Morgan fingerprint density at radius 3 is 2.50 bits per heavy atom. The Morgan fingerprint density at radius 1 is 1.20 bits per heavy atom. The molecule has 1 aromatic heterocycles. The molecular formula is C15H20N2O3. The highest BCUT2D eigenvalue weighted by Gasteiger charge is 2.14. The third-order valence-electron chi connectivity index (χ3n) is 3.39. The minimum atomic E-state index is -0.103. The Balaban J connectivity index is 2.20. The van der Waals surface area contributed by atoms with Crippen LogP contribution in [0.25, 0.3) is 10.9 Å². The van der Waals surface area contributed by atoms with Gasteiger partial charge >= 0.3 is 0 Å². The quantitative estimate of drug-likeness (QED) is 0.819. The van der Waals surface area contributed by atoms with Crippen molar-refractivity contribution in [2.24, 2.45) is 0 Å². The Labute approximate surface area is 118 Å². The van der Waals surface area contributed by atoms with E-state index in [1.165, 1.54) is 4.90 Å². The van der Waals surface area contributed by atoms with Gasteiger partial charge in [0.05, 0.1) is 13.2 Å². The van der Waals surface area contributed by atoms with E-state index in [2.05, 4.69) is 0 Å². The highest BCUT2D eigenvalue weighted by molar-refractivity contribution is 5.86. The smallest absolute Gasteiger partial charge is 0.242 e. The lowest BCUT2D eigenvalue weighted by Crippen LogP contribution is -2.37. The number of para-hydroxylation sites is 1. The number of aryl methyl sites for hydroxylation is 1. The second kappa shape index (κ2) is 6.54. The van der Waals surface area contributed by atoms with Gasteiger partial charge in [0.25, 0.3) is 0 Å². The standard InChI is InChI=1S/C15H20N2O3/c1-12-10-17(14-5-3-2-4-13(12)14)11-15(20)16(6-8-18)7-9-19/h2-5,10,18-19H,6-9,11H2,1H3. The number of hydrogen-bond donors (Lipinski definition) is 2. The van der Waals surface area contributed by atoms with Gasteiger partial charge in [0.15, 0.2) is 0 Å². The molecule has 2 rings (SSSR count). The molecule has 108 valence electrons. The van der Waals surface area contributed by atoms with Crippen LogP contribution in [-0.4, -0.2) is 51.9 Å². The topological polar surface area (TPSA) is 65.7 Å². The first-order chi connectivity index (χ1) is 9.67. The van der Waals surface area contributed by atoms with E-state index >= 15 is 0 Å².